The van der Waals surface area contributed by atoms with E-state index in [0.29, 0.717) is 12.8 Å². The molecule has 0 saturated heterocycles. The Morgan fingerprint density at radius 1 is 1.55 bits per heavy atom. The van der Waals surface area contributed by atoms with Crippen LogP contribution >= 0.6 is 0 Å². The number of hydrogen-bond donors (Lipinski definition) is 0. The molecule has 0 heterocycles. The molecule has 0 aromatic rings. The first-order chi connectivity index (χ1) is 5.02. The van der Waals surface area contributed by atoms with Crippen LogP contribution in [0.15, 0.2) is 0 Å². The quantitative estimate of drug-likeness (QED) is 0.608. The SMILES string of the molecule is COCC1(S(=O)(=O)F)CCC1. The van der Waals surface area contributed by atoms with Gasteiger partial charge in [0.15, 0.2) is 0 Å². The van der Waals surface area contributed by atoms with Crippen molar-refractivity contribution in [2.24, 2.45) is 0 Å². The minimum Gasteiger partial charge on any atom is -0.383 e. The molecule has 11 heavy (non-hydrogen) atoms. The van der Waals surface area contributed by atoms with E-state index in [2.05, 4.69) is 4.74 Å². The molecule has 5 heteroatoms. The summed E-state index contributed by atoms with van der Waals surface area (Å²) in [4.78, 5) is 0. The summed E-state index contributed by atoms with van der Waals surface area (Å²) in [7, 11) is -3.03. The molecule has 0 aromatic carbocycles. The monoisotopic (exact) mass is 182 g/mol. The number of methoxy groups -OCH3 is 1. The first kappa shape index (κ1) is 8.93. The van der Waals surface area contributed by atoms with E-state index in [0.717, 1.165) is 6.42 Å². The van der Waals surface area contributed by atoms with E-state index in [4.69, 9.17) is 0 Å². The molecule has 0 atom stereocenters. The molecule has 0 bridgehead atoms. The van der Waals surface area contributed by atoms with Gasteiger partial charge in [-0.1, -0.05) is 0 Å². The van der Waals surface area contributed by atoms with Crippen molar-refractivity contribution in [3.8, 4) is 0 Å². The summed E-state index contributed by atoms with van der Waals surface area (Å²) in [5.74, 6) is 0. The lowest BCUT2D eigenvalue weighted by atomic mass is 9.85. The fourth-order valence-electron chi connectivity index (χ4n) is 1.29. The highest BCUT2D eigenvalue weighted by Crippen LogP contribution is 2.40. The smallest absolute Gasteiger partial charge is 0.310 e. The highest BCUT2D eigenvalue weighted by molar-refractivity contribution is 7.87. The normalized spacial score (nSPS) is 22.7. The van der Waals surface area contributed by atoms with Gasteiger partial charge in [-0.05, 0) is 19.3 Å². The third kappa shape index (κ3) is 1.39. The van der Waals surface area contributed by atoms with Crippen molar-refractivity contribution in [3.63, 3.8) is 0 Å². The Balaban J connectivity index is 2.76. The summed E-state index contributed by atoms with van der Waals surface area (Å²) >= 11 is 0. The second-order valence-corrected chi connectivity index (χ2v) is 4.65. The van der Waals surface area contributed by atoms with Gasteiger partial charge in [0.05, 0.1) is 6.61 Å². The summed E-state index contributed by atoms with van der Waals surface area (Å²) in [5, 5.41) is 0. The van der Waals surface area contributed by atoms with Crippen LogP contribution in [0.3, 0.4) is 0 Å². The number of ether oxygens (including phenoxy) is 1. The predicted octanol–water partition coefficient (Wildman–Crippen LogP) is 0.855. The van der Waals surface area contributed by atoms with Gasteiger partial charge in [0.1, 0.15) is 4.75 Å². The Hall–Kier alpha value is -0.160. The Labute approximate surface area is 65.8 Å². The lowest BCUT2D eigenvalue weighted by Crippen LogP contribution is -2.47. The molecule has 0 N–H and O–H groups in total. The summed E-state index contributed by atoms with van der Waals surface area (Å²) in [6.45, 7) is -0.0220. The highest BCUT2D eigenvalue weighted by atomic mass is 32.3. The minimum atomic E-state index is -4.41. The van der Waals surface area contributed by atoms with Crippen LogP contribution in [0.1, 0.15) is 19.3 Å². The van der Waals surface area contributed by atoms with E-state index in [-0.39, 0.29) is 6.61 Å². The van der Waals surface area contributed by atoms with Crippen LogP contribution in [0.2, 0.25) is 0 Å². The third-order valence-corrected chi connectivity index (χ3v) is 3.75. The van der Waals surface area contributed by atoms with E-state index in [9.17, 15) is 12.3 Å². The lowest BCUT2D eigenvalue weighted by Gasteiger charge is -2.36. The number of rotatable bonds is 3. The van der Waals surface area contributed by atoms with Crippen molar-refractivity contribution >= 4 is 10.2 Å². The largest absolute Gasteiger partial charge is 0.383 e. The molecule has 0 aliphatic heterocycles. The molecule has 1 saturated carbocycles. The standard InChI is InChI=1S/C6H11FO3S/c1-10-5-6(3-2-4-6)11(7,8)9/h2-5H2,1H3. The molecule has 0 aromatic heterocycles. The zero-order chi connectivity index (χ0) is 8.54. The summed E-state index contributed by atoms with van der Waals surface area (Å²) in [6.07, 6.45) is 1.55. The molecule has 0 amide bonds. The molecular weight excluding hydrogens is 171 g/mol. The lowest BCUT2D eigenvalue weighted by molar-refractivity contribution is 0.124. The third-order valence-electron chi connectivity index (χ3n) is 2.19. The molecular formula is C6H11FO3S. The molecule has 0 spiro atoms. The molecule has 3 nitrogen and oxygen atoms in total. The maximum atomic E-state index is 12.6. The minimum absolute atomic E-state index is 0.0220. The fraction of sp³-hybridized carbons (Fsp3) is 1.00. The van der Waals surface area contributed by atoms with Crippen molar-refractivity contribution in [2.45, 2.75) is 24.0 Å². The fourth-order valence-corrected chi connectivity index (χ4v) is 2.33. The molecule has 0 unspecified atom stereocenters. The van der Waals surface area contributed by atoms with E-state index < -0.39 is 15.0 Å². The number of hydrogen-bond acceptors (Lipinski definition) is 3. The molecule has 1 fully saturated rings. The Morgan fingerprint density at radius 2 is 2.09 bits per heavy atom. The van der Waals surface area contributed by atoms with Gasteiger partial charge in [0.2, 0.25) is 0 Å². The molecule has 66 valence electrons. The molecule has 0 radical (unpaired) electrons. The van der Waals surface area contributed by atoms with E-state index in [1.54, 1.807) is 0 Å². The van der Waals surface area contributed by atoms with E-state index in [1.807, 2.05) is 0 Å². The van der Waals surface area contributed by atoms with Gasteiger partial charge in [0.25, 0.3) is 0 Å². The maximum Gasteiger partial charge on any atom is 0.310 e. The Morgan fingerprint density at radius 3 is 2.18 bits per heavy atom. The topological polar surface area (TPSA) is 43.4 Å². The van der Waals surface area contributed by atoms with Gasteiger partial charge in [-0.25, -0.2) is 0 Å². The first-order valence-corrected chi connectivity index (χ1v) is 4.83. The van der Waals surface area contributed by atoms with Crippen LogP contribution in [0.5, 0.6) is 0 Å². The summed E-state index contributed by atoms with van der Waals surface area (Å²) < 4.78 is 37.2. The van der Waals surface area contributed by atoms with Gasteiger partial charge in [-0.2, -0.15) is 8.42 Å². The van der Waals surface area contributed by atoms with Gasteiger partial charge in [-0.15, -0.1) is 3.89 Å². The van der Waals surface area contributed by atoms with Gasteiger partial charge < -0.3 is 4.74 Å². The summed E-state index contributed by atoms with van der Waals surface area (Å²) in [5.41, 5.74) is 0. The zero-order valence-electron chi connectivity index (χ0n) is 6.34. The first-order valence-electron chi connectivity index (χ1n) is 3.45. The van der Waals surface area contributed by atoms with Crippen LogP contribution in [0.25, 0.3) is 0 Å². The van der Waals surface area contributed by atoms with Gasteiger partial charge in [0, 0.05) is 7.11 Å². The maximum absolute atomic E-state index is 12.6. The van der Waals surface area contributed by atoms with Crippen LogP contribution in [-0.4, -0.2) is 26.9 Å². The van der Waals surface area contributed by atoms with Crippen LogP contribution in [0.4, 0.5) is 3.89 Å². The van der Waals surface area contributed by atoms with Crippen molar-refractivity contribution in [1.29, 1.82) is 0 Å². The van der Waals surface area contributed by atoms with Crippen LogP contribution in [-0.2, 0) is 15.0 Å². The highest BCUT2D eigenvalue weighted by Gasteiger charge is 2.49. The second-order valence-electron chi connectivity index (χ2n) is 2.91. The van der Waals surface area contributed by atoms with Crippen LogP contribution in [0, 0.1) is 0 Å². The van der Waals surface area contributed by atoms with Gasteiger partial charge >= 0.3 is 10.2 Å². The predicted molar refractivity (Wildman–Crippen MR) is 38.5 cm³/mol. The van der Waals surface area contributed by atoms with Crippen molar-refractivity contribution in [3.05, 3.63) is 0 Å². The van der Waals surface area contributed by atoms with E-state index in [1.165, 1.54) is 7.11 Å². The molecule has 1 aliphatic rings. The Bertz CT molecular complexity index is 230. The van der Waals surface area contributed by atoms with Crippen LogP contribution < -0.4 is 0 Å². The van der Waals surface area contributed by atoms with Crippen molar-refractivity contribution in [1.82, 2.24) is 0 Å². The average molecular weight is 182 g/mol. The second kappa shape index (κ2) is 2.71. The van der Waals surface area contributed by atoms with Crippen molar-refractivity contribution < 1.29 is 17.0 Å². The number of halogens is 1. The zero-order valence-corrected chi connectivity index (χ0v) is 7.16. The average Bonchev–Trinajstić information content (AvgIpc) is 1.75. The van der Waals surface area contributed by atoms with E-state index >= 15 is 0 Å². The molecule has 1 rings (SSSR count). The van der Waals surface area contributed by atoms with Gasteiger partial charge in [-0.3, -0.25) is 0 Å². The molecule has 1 aliphatic carbocycles. The van der Waals surface area contributed by atoms with Crippen molar-refractivity contribution in [2.75, 3.05) is 13.7 Å². The Kier molecular flexibility index (Phi) is 2.20. The summed E-state index contributed by atoms with van der Waals surface area (Å²) in [6, 6.07) is 0.